The van der Waals surface area contributed by atoms with E-state index in [0.717, 1.165) is 36.0 Å². The van der Waals surface area contributed by atoms with Crippen LogP contribution in [0.2, 0.25) is 5.02 Å². The summed E-state index contributed by atoms with van der Waals surface area (Å²) in [5.74, 6) is 0.955. The molecule has 4 rings (SSSR count). The fourth-order valence-electron chi connectivity index (χ4n) is 4.07. The Morgan fingerprint density at radius 3 is 2.76 bits per heavy atom. The Hall–Kier alpha value is -1.40. The number of rotatable bonds is 2. The zero-order valence-corrected chi connectivity index (χ0v) is 15.9. The number of halogens is 1. The quantitative estimate of drug-likeness (QED) is 0.791. The predicted molar refractivity (Wildman–Crippen MR) is 101 cm³/mol. The number of benzene rings is 1. The van der Waals surface area contributed by atoms with Crippen molar-refractivity contribution < 1.29 is 9.59 Å². The number of anilines is 1. The van der Waals surface area contributed by atoms with Crippen molar-refractivity contribution in [3.05, 3.63) is 29.3 Å². The molecular formula is C18H22ClN3O2S. The molecule has 2 atom stereocenters. The third kappa shape index (κ3) is 2.99. The third-order valence-electron chi connectivity index (χ3n) is 5.49. The number of fused-ring (bicyclic) bond motifs is 1. The molecule has 1 aromatic rings. The van der Waals surface area contributed by atoms with Crippen LogP contribution in [0.4, 0.5) is 5.69 Å². The van der Waals surface area contributed by atoms with Crippen LogP contribution in [-0.2, 0) is 9.59 Å². The maximum atomic E-state index is 13.0. The minimum Gasteiger partial charge on any atom is -0.368 e. The van der Waals surface area contributed by atoms with Gasteiger partial charge in [0.05, 0.1) is 4.87 Å². The minimum atomic E-state index is -0.289. The lowest BCUT2D eigenvalue weighted by Crippen LogP contribution is -2.56. The summed E-state index contributed by atoms with van der Waals surface area (Å²) in [4.78, 5) is 31.1. The van der Waals surface area contributed by atoms with Crippen LogP contribution in [-0.4, -0.2) is 64.5 Å². The lowest BCUT2D eigenvalue weighted by Gasteiger charge is -2.39. The predicted octanol–water partition coefficient (Wildman–Crippen LogP) is 2.44. The molecule has 0 aliphatic carbocycles. The van der Waals surface area contributed by atoms with Gasteiger partial charge in [0.25, 0.3) is 0 Å². The van der Waals surface area contributed by atoms with Gasteiger partial charge in [0.1, 0.15) is 6.04 Å². The van der Waals surface area contributed by atoms with E-state index >= 15 is 0 Å². The lowest BCUT2D eigenvalue weighted by atomic mass is 10.1. The topological polar surface area (TPSA) is 43.9 Å². The first-order valence-electron chi connectivity index (χ1n) is 8.73. The number of carbonyl (C=O) groups is 2. The second-order valence-electron chi connectivity index (χ2n) is 7.06. The van der Waals surface area contributed by atoms with Crippen molar-refractivity contribution in [2.24, 2.45) is 0 Å². The first-order valence-corrected chi connectivity index (χ1v) is 10.1. The van der Waals surface area contributed by atoms with E-state index in [-0.39, 0.29) is 22.7 Å². The van der Waals surface area contributed by atoms with Gasteiger partial charge in [-0.25, -0.2) is 0 Å². The van der Waals surface area contributed by atoms with Gasteiger partial charge >= 0.3 is 0 Å². The molecule has 0 unspecified atom stereocenters. The second kappa shape index (κ2) is 6.40. The molecule has 3 aliphatic heterocycles. The third-order valence-corrected chi connectivity index (χ3v) is 7.23. The van der Waals surface area contributed by atoms with Crippen LogP contribution in [0.5, 0.6) is 0 Å². The number of piperazine rings is 1. The molecule has 7 heteroatoms. The summed E-state index contributed by atoms with van der Waals surface area (Å²) >= 11 is 7.83. The molecule has 0 spiro atoms. The van der Waals surface area contributed by atoms with Crippen LogP contribution in [0.25, 0.3) is 0 Å². The van der Waals surface area contributed by atoms with Gasteiger partial charge in [0.15, 0.2) is 0 Å². The molecule has 0 N–H and O–H groups in total. The maximum Gasteiger partial charge on any atom is 0.246 e. The van der Waals surface area contributed by atoms with Gasteiger partial charge in [-0.3, -0.25) is 9.59 Å². The zero-order valence-electron chi connectivity index (χ0n) is 14.3. The molecule has 1 aromatic carbocycles. The number of thioether (sulfide) groups is 1. The fourth-order valence-corrected chi connectivity index (χ4v) is 5.68. The zero-order chi connectivity index (χ0) is 17.6. The Morgan fingerprint density at radius 1 is 1.28 bits per heavy atom. The Morgan fingerprint density at radius 2 is 2.04 bits per heavy atom. The standard InChI is InChI=1S/C18H22ClN3O2S/c1-18-6-5-16(23)22(18)15(12-25-18)17(24)21-9-7-20(8-10-21)14-4-2-3-13(19)11-14/h2-4,11,15H,5-10,12H2,1H3/t15-,18-/m1/s1. The van der Waals surface area contributed by atoms with Crippen LogP contribution in [0.15, 0.2) is 24.3 Å². The first-order chi connectivity index (χ1) is 12.0. The molecule has 3 heterocycles. The molecule has 2 amide bonds. The van der Waals surface area contributed by atoms with Crippen molar-refractivity contribution in [2.45, 2.75) is 30.7 Å². The molecule has 134 valence electrons. The number of amides is 2. The van der Waals surface area contributed by atoms with Crippen LogP contribution in [0.1, 0.15) is 19.8 Å². The van der Waals surface area contributed by atoms with E-state index < -0.39 is 0 Å². The van der Waals surface area contributed by atoms with Crippen molar-refractivity contribution >= 4 is 40.9 Å². The molecular weight excluding hydrogens is 358 g/mol. The van der Waals surface area contributed by atoms with Gasteiger partial charge < -0.3 is 14.7 Å². The van der Waals surface area contributed by atoms with Crippen molar-refractivity contribution in [2.75, 3.05) is 36.8 Å². The summed E-state index contributed by atoms with van der Waals surface area (Å²) in [6.07, 6.45) is 1.42. The Labute approximate surface area is 157 Å². The highest BCUT2D eigenvalue weighted by atomic mass is 35.5. The molecule has 5 nitrogen and oxygen atoms in total. The van der Waals surface area contributed by atoms with Crippen molar-refractivity contribution in [1.82, 2.24) is 9.80 Å². The molecule has 0 saturated carbocycles. The summed E-state index contributed by atoms with van der Waals surface area (Å²) in [5.41, 5.74) is 1.10. The van der Waals surface area contributed by atoms with Gasteiger partial charge in [-0.1, -0.05) is 17.7 Å². The van der Waals surface area contributed by atoms with E-state index in [0.29, 0.717) is 19.5 Å². The van der Waals surface area contributed by atoms with Crippen molar-refractivity contribution in [1.29, 1.82) is 0 Å². The van der Waals surface area contributed by atoms with Gasteiger partial charge in [-0.2, -0.15) is 0 Å². The van der Waals surface area contributed by atoms with Gasteiger partial charge in [0, 0.05) is 49.1 Å². The molecule has 0 bridgehead atoms. The summed E-state index contributed by atoms with van der Waals surface area (Å²) in [5, 5.41) is 0.728. The van der Waals surface area contributed by atoms with Gasteiger partial charge in [0.2, 0.25) is 11.8 Å². The smallest absolute Gasteiger partial charge is 0.246 e. The largest absolute Gasteiger partial charge is 0.368 e. The average molecular weight is 380 g/mol. The number of carbonyl (C=O) groups excluding carboxylic acids is 2. The monoisotopic (exact) mass is 379 g/mol. The highest BCUT2D eigenvalue weighted by molar-refractivity contribution is 8.01. The Bertz CT molecular complexity index is 707. The molecule has 3 saturated heterocycles. The van der Waals surface area contributed by atoms with E-state index in [1.165, 1.54) is 0 Å². The van der Waals surface area contributed by atoms with Gasteiger partial charge in [-0.15, -0.1) is 11.8 Å². The first kappa shape index (κ1) is 17.0. The van der Waals surface area contributed by atoms with E-state index in [9.17, 15) is 9.59 Å². The maximum absolute atomic E-state index is 13.0. The summed E-state index contributed by atoms with van der Waals surface area (Å²) in [6.45, 7) is 5.04. The highest BCUT2D eigenvalue weighted by Crippen LogP contribution is 2.47. The molecule has 3 aliphatic rings. The van der Waals surface area contributed by atoms with Gasteiger partial charge in [-0.05, 0) is 31.5 Å². The molecule has 0 radical (unpaired) electrons. The molecule has 3 fully saturated rings. The van der Waals surface area contributed by atoms with E-state index in [1.807, 2.05) is 34.1 Å². The normalized spacial score (nSPS) is 29.3. The average Bonchev–Trinajstić information content (AvgIpc) is 3.11. The second-order valence-corrected chi connectivity index (χ2v) is 9.00. The highest BCUT2D eigenvalue weighted by Gasteiger charge is 2.53. The van der Waals surface area contributed by atoms with Crippen molar-refractivity contribution in [3.8, 4) is 0 Å². The van der Waals surface area contributed by atoms with Crippen LogP contribution >= 0.6 is 23.4 Å². The number of hydrogen-bond acceptors (Lipinski definition) is 4. The lowest BCUT2D eigenvalue weighted by molar-refractivity contribution is -0.143. The number of nitrogens with zero attached hydrogens (tertiary/aromatic N) is 3. The Balaban J connectivity index is 1.41. The summed E-state index contributed by atoms with van der Waals surface area (Å²) < 4.78 is 0. The van der Waals surface area contributed by atoms with Crippen LogP contribution in [0, 0.1) is 0 Å². The number of hydrogen-bond donors (Lipinski definition) is 0. The van der Waals surface area contributed by atoms with Crippen molar-refractivity contribution in [3.63, 3.8) is 0 Å². The van der Waals surface area contributed by atoms with Crippen LogP contribution in [0.3, 0.4) is 0 Å². The fraction of sp³-hybridized carbons (Fsp3) is 0.556. The van der Waals surface area contributed by atoms with Crippen LogP contribution < -0.4 is 4.90 Å². The summed E-state index contributed by atoms with van der Waals surface area (Å²) in [7, 11) is 0. The Kier molecular flexibility index (Phi) is 4.36. The SMILES string of the molecule is C[C@@]12CCC(=O)N1[C@@H](C(=O)N1CCN(c3cccc(Cl)c3)CC1)CS2. The van der Waals surface area contributed by atoms with E-state index in [2.05, 4.69) is 11.8 Å². The van der Waals surface area contributed by atoms with E-state index in [4.69, 9.17) is 11.6 Å². The van der Waals surface area contributed by atoms with E-state index in [1.54, 1.807) is 11.8 Å². The minimum absolute atomic E-state index is 0.109. The molecule has 25 heavy (non-hydrogen) atoms. The molecule has 0 aromatic heterocycles. The summed E-state index contributed by atoms with van der Waals surface area (Å²) in [6, 6.07) is 7.53.